The Morgan fingerprint density at radius 2 is 2.22 bits per heavy atom. The summed E-state index contributed by atoms with van der Waals surface area (Å²) in [6, 6.07) is 3.92. The SMILES string of the molecule is COC(C(=O)O)c1ccc(F)c(N2CC(F)C2)c1. The number of halogens is 2. The number of carboxylic acids is 1. The number of aliphatic carboxylic acids is 1. The number of anilines is 1. The van der Waals surface area contributed by atoms with Crippen molar-refractivity contribution in [3.63, 3.8) is 0 Å². The molecule has 1 unspecified atom stereocenters. The molecule has 6 heteroatoms. The van der Waals surface area contributed by atoms with Crippen LogP contribution in [0.5, 0.6) is 0 Å². The van der Waals surface area contributed by atoms with Crippen molar-refractivity contribution in [2.45, 2.75) is 12.3 Å². The minimum atomic E-state index is -1.15. The second-order valence-corrected chi connectivity index (χ2v) is 4.17. The van der Waals surface area contributed by atoms with Crippen LogP contribution in [0.1, 0.15) is 11.7 Å². The number of nitrogens with zero attached hydrogens (tertiary/aromatic N) is 1. The van der Waals surface area contributed by atoms with Gasteiger partial charge in [-0.2, -0.15) is 0 Å². The van der Waals surface area contributed by atoms with Crippen LogP contribution in [-0.2, 0) is 9.53 Å². The Kier molecular flexibility index (Phi) is 3.47. The van der Waals surface area contributed by atoms with Crippen LogP contribution < -0.4 is 4.90 Å². The zero-order valence-electron chi connectivity index (χ0n) is 9.77. The maximum atomic E-state index is 13.6. The van der Waals surface area contributed by atoms with E-state index in [0.29, 0.717) is 5.56 Å². The van der Waals surface area contributed by atoms with Gasteiger partial charge in [-0.3, -0.25) is 0 Å². The number of hydrogen-bond acceptors (Lipinski definition) is 3. The lowest BCUT2D eigenvalue weighted by atomic mass is 10.1. The van der Waals surface area contributed by atoms with Crippen molar-refractivity contribution >= 4 is 11.7 Å². The van der Waals surface area contributed by atoms with Gasteiger partial charge in [0.1, 0.15) is 12.0 Å². The highest BCUT2D eigenvalue weighted by Gasteiger charge is 2.29. The van der Waals surface area contributed by atoms with E-state index in [-0.39, 0.29) is 18.8 Å². The van der Waals surface area contributed by atoms with Crippen molar-refractivity contribution < 1.29 is 23.4 Å². The average Bonchev–Trinajstić information content (AvgIpc) is 2.28. The van der Waals surface area contributed by atoms with Crippen LogP contribution in [0.2, 0.25) is 0 Å². The van der Waals surface area contributed by atoms with Crippen LogP contribution in [0.3, 0.4) is 0 Å². The summed E-state index contributed by atoms with van der Waals surface area (Å²) in [6.45, 7) is 0.260. The molecule has 1 aromatic rings. The smallest absolute Gasteiger partial charge is 0.337 e. The Morgan fingerprint density at radius 1 is 1.56 bits per heavy atom. The molecule has 4 nitrogen and oxygen atoms in total. The predicted octanol–water partition coefficient (Wildman–Crippen LogP) is 1.76. The van der Waals surface area contributed by atoms with Gasteiger partial charge in [-0.1, -0.05) is 6.07 Å². The lowest BCUT2D eigenvalue weighted by Gasteiger charge is -2.36. The molecule has 0 saturated carbocycles. The fourth-order valence-electron chi connectivity index (χ4n) is 1.94. The summed E-state index contributed by atoms with van der Waals surface area (Å²) in [4.78, 5) is 12.5. The number of carbonyl (C=O) groups is 1. The first-order valence-electron chi connectivity index (χ1n) is 5.47. The summed E-state index contributed by atoms with van der Waals surface area (Å²) < 4.78 is 31.2. The molecule has 0 bridgehead atoms. The number of methoxy groups -OCH3 is 1. The minimum Gasteiger partial charge on any atom is -0.479 e. The Balaban J connectivity index is 2.28. The summed E-state index contributed by atoms with van der Waals surface area (Å²) in [7, 11) is 1.27. The summed E-state index contributed by atoms with van der Waals surface area (Å²) in [5.74, 6) is -1.65. The maximum Gasteiger partial charge on any atom is 0.337 e. The van der Waals surface area contributed by atoms with E-state index in [1.54, 1.807) is 0 Å². The van der Waals surface area contributed by atoms with Gasteiger partial charge in [-0.05, 0) is 17.7 Å². The van der Waals surface area contributed by atoms with Gasteiger partial charge in [0.2, 0.25) is 0 Å². The van der Waals surface area contributed by atoms with E-state index in [2.05, 4.69) is 0 Å². The Bertz CT molecular complexity index is 461. The van der Waals surface area contributed by atoms with Gasteiger partial charge in [-0.25, -0.2) is 13.6 Å². The third kappa shape index (κ3) is 2.28. The van der Waals surface area contributed by atoms with Crippen LogP contribution in [0.15, 0.2) is 18.2 Å². The van der Waals surface area contributed by atoms with Gasteiger partial charge in [0.05, 0.1) is 18.8 Å². The average molecular weight is 257 g/mol. The Hall–Kier alpha value is -1.69. The lowest BCUT2D eigenvalue weighted by Crippen LogP contribution is -2.48. The summed E-state index contributed by atoms with van der Waals surface area (Å²) in [6.07, 6.45) is -2.10. The molecule has 0 aliphatic carbocycles. The Labute approximate surface area is 103 Å². The van der Waals surface area contributed by atoms with Crippen molar-refractivity contribution in [3.05, 3.63) is 29.6 Å². The van der Waals surface area contributed by atoms with E-state index in [0.717, 1.165) is 0 Å². The molecule has 1 fully saturated rings. The molecule has 0 spiro atoms. The second-order valence-electron chi connectivity index (χ2n) is 4.17. The molecule has 2 rings (SSSR count). The van der Waals surface area contributed by atoms with Crippen LogP contribution >= 0.6 is 0 Å². The second kappa shape index (κ2) is 4.89. The van der Waals surface area contributed by atoms with E-state index in [9.17, 15) is 13.6 Å². The zero-order valence-corrected chi connectivity index (χ0v) is 9.77. The normalized spacial score (nSPS) is 17.4. The van der Waals surface area contributed by atoms with E-state index in [1.165, 1.54) is 30.2 Å². The van der Waals surface area contributed by atoms with Gasteiger partial charge < -0.3 is 14.7 Å². The molecule has 1 aromatic carbocycles. The van der Waals surface area contributed by atoms with Gasteiger partial charge in [0, 0.05) is 7.11 Å². The van der Waals surface area contributed by atoms with Crippen molar-refractivity contribution in [1.82, 2.24) is 0 Å². The standard InChI is InChI=1S/C12H13F2NO3/c1-18-11(12(16)17)7-2-3-9(14)10(4-7)15-5-8(13)6-15/h2-4,8,11H,5-6H2,1H3,(H,16,17). The molecule has 1 aliphatic heterocycles. The predicted molar refractivity (Wildman–Crippen MR) is 60.9 cm³/mol. The van der Waals surface area contributed by atoms with Crippen LogP contribution in [0.25, 0.3) is 0 Å². The molecule has 0 radical (unpaired) electrons. The van der Waals surface area contributed by atoms with Crippen LogP contribution in [0.4, 0.5) is 14.5 Å². The number of hydrogen-bond donors (Lipinski definition) is 1. The number of ether oxygens (including phenoxy) is 1. The first-order chi connectivity index (χ1) is 8.52. The number of carboxylic acid groups (broad SMARTS) is 1. The van der Waals surface area contributed by atoms with Gasteiger partial charge in [0.15, 0.2) is 6.10 Å². The monoisotopic (exact) mass is 257 g/mol. The van der Waals surface area contributed by atoms with Crippen molar-refractivity contribution in [2.24, 2.45) is 0 Å². The van der Waals surface area contributed by atoms with Gasteiger partial charge in [-0.15, -0.1) is 0 Å². The first kappa shape index (κ1) is 12.8. The maximum absolute atomic E-state index is 13.6. The summed E-state index contributed by atoms with van der Waals surface area (Å²) >= 11 is 0. The van der Waals surface area contributed by atoms with Crippen LogP contribution in [0, 0.1) is 5.82 Å². The van der Waals surface area contributed by atoms with Crippen molar-refractivity contribution in [2.75, 3.05) is 25.1 Å². The minimum absolute atomic E-state index is 0.130. The molecule has 1 saturated heterocycles. The highest BCUT2D eigenvalue weighted by atomic mass is 19.1. The molecule has 1 atom stereocenters. The molecular weight excluding hydrogens is 244 g/mol. The number of rotatable bonds is 4. The summed E-state index contributed by atoms with van der Waals surface area (Å²) in [5.41, 5.74) is 0.549. The first-order valence-corrected chi connectivity index (χ1v) is 5.47. The van der Waals surface area contributed by atoms with Crippen LogP contribution in [-0.4, -0.2) is 37.4 Å². The highest BCUT2D eigenvalue weighted by molar-refractivity contribution is 5.75. The molecule has 0 amide bonds. The molecule has 98 valence electrons. The number of alkyl halides is 1. The third-order valence-electron chi connectivity index (χ3n) is 2.91. The topological polar surface area (TPSA) is 49.8 Å². The quantitative estimate of drug-likeness (QED) is 0.892. The zero-order chi connectivity index (χ0) is 13.3. The lowest BCUT2D eigenvalue weighted by molar-refractivity contribution is -0.148. The van der Waals surface area contributed by atoms with E-state index in [1.807, 2.05) is 0 Å². The van der Waals surface area contributed by atoms with Crippen molar-refractivity contribution in [3.8, 4) is 0 Å². The molecular formula is C12H13F2NO3. The molecule has 18 heavy (non-hydrogen) atoms. The van der Waals surface area contributed by atoms with Gasteiger partial charge in [0.25, 0.3) is 0 Å². The largest absolute Gasteiger partial charge is 0.479 e. The van der Waals surface area contributed by atoms with Gasteiger partial charge >= 0.3 is 5.97 Å². The third-order valence-corrected chi connectivity index (χ3v) is 2.91. The summed E-state index contributed by atoms with van der Waals surface area (Å²) in [5, 5.41) is 8.95. The van der Waals surface area contributed by atoms with E-state index >= 15 is 0 Å². The fraction of sp³-hybridized carbons (Fsp3) is 0.417. The number of benzene rings is 1. The Morgan fingerprint density at radius 3 is 2.72 bits per heavy atom. The fourth-order valence-corrected chi connectivity index (χ4v) is 1.94. The van der Waals surface area contributed by atoms with E-state index < -0.39 is 24.1 Å². The molecule has 1 heterocycles. The molecule has 1 aliphatic rings. The van der Waals surface area contributed by atoms with E-state index in [4.69, 9.17) is 9.84 Å². The van der Waals surface area contributed by atoms with Crippen molar-refractivity contribution in [1.29, 1.82) is 0 Å². The highest BCUT2D eigenvalue weighted by Crippen LogP contribution is 2.29. The molecule has 0 aromatic heterocycles. The molecule has 1 N–H and O–H groups in total.